The third kappa shape index (κ3) is 5.91. The molecule has 0 saturated heterocycles. The molecule has 0 aromatic heterocycles. The number of hydrogen-bond acceptors (Lipinski definition) is 3. The monoisotopic (exact) mass is 482 g/mol. The number of hydroxylamine groups is 1. The maximum absolute atomic E-state index is 13.4. The number of urea groups is 1. The normalized spacial score (nSPS) is 11.8. The summed E-state index contributed by atoms with van der Waals surface area (Å²) in [7, 11) is 0. The third-order valence-corrected chi connectivity index (χ3v) is 4.73. The molecule has 0 atom stereocenters. The van der Waals surface area contributed by atoms with E-state index in [1.807, 2.05) is 0 Å². The van der Waals surface area contributed by atoms with Gasteiger partial charge in [0.2, 0.25) is 0 Å². The number of hydrogen-bond donors (Lipinski definition) is 4. The van der Waals surface area contributed by atoms with E-state index in [4.69, 9.17) is 23.2 Å². The molecule has 0 fully saturated rings. The fraction of sp³-hybridized carbons (Fsp3) is 0.0476. The average Bonchev–Trinajstić information content (AvgIpc) is 2.74. The molecule has 4 N–H and O–H groups in total. The van der Waals surface area contributed by atoms with Crippen molar-refractivity contribution in [3.8, 4) is 0 Å². The number of benzene rings is 3. The van der Waals surface area contributed by atoms with Crippen LogP contribution in [0.3, 0.4) is 0 Å². The molecule has 3 aromatic rings. The number of amides is 2. The van der Waals surface area contributed by atoms with Crippen LogP contribution in [0.2, 0.25) is 10.0 Å². The maximum Gasteiger partial charge on any atom is 0.416 e. The number of amidine groups is 1. The second kappa shape index (κ2) is 9.90. The molecule has 11 heteroatoms. The zero-order valence-electron chi connectivity index (χ0n) is 16.0. The highest BCUT2D eigenvalue weighted by molar-refractivity contribution is 6.39. The van der Waals surface area contributed by atoms with Crippen molar-refractivity contribution in [2.75, 3.05) is 10.6 Å². The van der Waals surface area contributed by atoms with Gasteiger partial charge in [-0.15, -0.1) is 0 Å². The first kappa shape index (κ1) is 23.4. The molecule has 0 aliphatic carbocycles. The summed E-state index contributed by atoms with van der Waals surface area (Å²) in [6, 6.07) is 14.7. The number of halogens is 5. The highest BCUT2D eigenvalue weighted by Gasteiger charge is 2.32. The number of carbonyl (C=O) groups excluding carboxylic acids is 1. The number of alkyl halides is 3. The molecule has 3 rings (SSSR count). The summed E-state index contributed by atoms with van der Waals surface area (Å²) in [6.07, 6.45) is -4.72. The molecule has 0 bridgehead atoms. The topological polar surface area (TPSA) is 85.8 Å². The number of nitrogens with one attached hydrogen (secondary N) is 3. The summed E-state index contributed by atoms with van der Waals surface area (Å²) in [5.41, 5.74) is 0.918. The molecule has 6 nitrogen and oxygen atoms in total. The summed E-state index contributed by atoms with van der Waals surface area (Å²) >= 11 is 12.0. The van der Waals surface area contributed by atoms with Crippen molar-refractivity contribution >= 4 is 52.1 Å². The second-order valence-corrected chi connectivity index (χ2v) is 7.19. The van der Waals surface area contributed by atoms with Crippen LogP contribution in [0, 0.1) is 0 Å². The fourth-order valence-electron chi connectivity index (χ4n) is 2.68. The Morgan fingerprint density at radius 2 is 1.56 bits per heavy atom. The van der Waals surface area contributed by atoms with E-state index in [1.165, 1.54) is 18.2 Å². The van der Waals surface area contributed by atoms with Crippen LogP contribution in [0.5, 0.6) is 0 Å². The minimum atomic E-state index is -4.72. The van der Waals surface area contributed by atoms with Crippen molar-refractivity contribution in [2.45, 2.75) is 6.18 Å². The quantitative estimate of drug-likeness (QED) is 0.189. The standard InChI is InChI=1S/C21H15Cl2F3N4O2/c22-16-7-4-8-17(23)18(16)29-20(31)28-15-10-12(9-13(11-15)21(24,25)26)19(30-32)27-14-5-2-1-3-6-14/h1-11,32H,(H,27,30)(H2,28,29,31). The number of carbonyl (C=O) groups is 1. The Kier molecular flexibility index (Phi) is 7.24. The van der Waals surface area contributed by atoms with Crippen LogP contribution in [0.15, 0.2) is 71.7 Å². The van der Waals surface area contributed by atoms with Crippen LogP contribution in [-0.4, -0.2) is 17.1 Å². The first-order valence-corrected chi connectivity index (χ1v) is 9.71. The van der Waals surface area contributed by atoms with Crippen LogP contribution < -0.4 is 16.1 Å². The highest BCUT2D eigenvalue weighted by Crippen LogP contribution is 2.33. The first-order chi connectivity index (χ1) is 15.2. The molecule has 0 aliphatic rings. The summed E-state index contributed by atoms with van der Waals surface area (Å²) < 4.78 is 40.3. The van der Waals surface area contributed by atoms with Gasteiger partial charge < -0.3 is 10.6 Å². The van der Waals surface area contributed by atoms with Crippen LogP contribution in [-0.2, 0) is 6.18 Å². The van der Waals surface area contributed by atoms with Gasteiger partial charge in [-0.1, -0.05) is 47.5 Å². The number of aliphatic imine (C=N–C) groups is 1. The minimum Gasteiger partial charge on any atom is -0.308 e. The molecule has 3 aromatic carbocycles. The average molecular weight is 483 g/mol. The highest BCUT2D eigenvalue weighted by atomic mass is 35.5. The Hall–Kier alpha value is -3.27. The van der Waals surface area contributed by atoms with Crippen molar-refractivity contribution < 1.29 is 23.2 Å². The van der Waals surface area contributed by atoms with Gasteiger partial charge in [-0.3, -0.25) is 10.7 Å². The Morgan fingerprint density at radius 3 is 2.16 bits per heavy atom. The van der Waals surface area contributed by atoms with Gasteiger partial charge in [0, 0.05) is 11.3 Å². The van der Waals surface area contributed by atoms with Crippen molar-refractivity contribution in [3.63, 3.8) is 0 Å². The predicted molar refractivity (Wildman–Crippen MR) is 118 cm³/mol. The lowest BCUT2D eigenvalue weighted by molar-refractivity contribution is -0.137. The summed E-state index contributed by atoms with van der Waals surface area (Å²) in [5, 5.41) is 14.5. The van der Waals surface area contributed by atoms with E-state index in [9.17, 15) is 23.2 Å². The summed E-state index contributed by atoms with van der Waals surface area (Å²) in [4.78, 5) is 16.5. The summed E-state index contributed by atoms with van der Waals surface area (Å²) in [5.74, 6) is -0.250. The molecule has 0 radical (unpaired) electrons. The van der Waals surface area contributed by atoms with E-state index < -0.39 is 17.8 Å². The lowest BCUT2D eigenvalue weighted by Gasteiger charge is -2.15. The molecular weight excluding hydrogens is 468 g/mol. The number of nitrogens with zero attached hydrogens (tertiary/aromatic N) is 1. The van der Waals surface area contributed by atoms with Gasteiger partial charge in [0.05, 0.1) is 27.0 Å². The Balaban J connectivity index is 1.95. The zero-order chi connectivity index (χ0) is 23.3. The van der Waals surface area contributed by atoms with E-state index in [2.05, 4.69) is 15.6 Å². The number of para-hydroxylation sites is 2. The predicted octanol–water partition coefficient (Wildman–Crippen LogP) is 6.71. The van der Waals surface area contributed by atoms with Gasteiger partial charge in [-0.25, -0.2) is 9.79 Å². The second-order valence-electron chi connectivity index (χ2n) is 6.38. The van der Waals surface area contributed by atoms with Crippen molar-refractivity contribution in [1.29, 1.82) is 0 Å². The van der Waals surface area contributed by atoms with Crippen molar-refractivity contribution in [3.05, 3.63) is 87.9 Å². The van der Waals surface area contributed by atoms with Crippen LogP contribution in [0.4, 0.5) is 35.0 Å². The van der Waals surface area contributed by atoms with Crippen molar-refractivity contribution in [1.82, 2.24) is 5.48 Å². The molecule has 0 aliphatic heterocycles. The fourth-order valence-corrected chi connectivity index (χ4v) is 3.17. The first-order valence-electron chi connectivity index (χ1n) is 8.96. The lowest BCUT2D eigenvalue weighted by atomic mass is 10.1. The molecule has 32 heavy (non-hydrogen) atoms. The zero-order valence-corrected chi connectivity index (χ0v) is 17.6. The molecule has 2 amide bonds. The van der Waals surface area contributed by atoms with E-state index >= 15 is 0 Å². The molecule has 166 valence electrons. The molecular formula is C21H15Cl2F3N4O2. The minimum absolute atomic E-state index is 0.101. The molecule has 0 unspecified atom stereocenters. The van der Waals surface area contributed by atoms with E-state index in [-0.39, 0.29) is 32.8 Å². The number of anilines is 2. The van der Waals surface area contributed by atoms with Gasteiger partial charge in [-0.2, -0.15) is 13.2 Å². The van der Waals surface area contributed by atoms with Gasteiger partial charge >= 0.3 is 12.2 Å². The Bertz CT molecular complexity index is 1140. The van der Waals surface area contributed by atoms with Crippen LogP contribution in [0.25, 0.3) is 0 Å². The summed E-state index contributed by atoms with van der Waals surface area (Å²) in [6.45, 7) is 0. The van der Waals surface area contributed by atoms with Crippen LogP contribution >= 0.6 is 23.2 Å². The largest absolute Gasteiger partial charge is 0.416 e. The SMILES string of the molecule is O=C(Nc1cc(C(=Nc2ccccc2)NO)cc(C(F)(F)F)c1)Nc1c(Cl)cccc1Cl. The van der Waals surface area contributed by atoms with Gasteiger partial charge in [-0.05, 0) is 42.5 Å². The lowest BCUT2D eigenvalue weighted by Crippen LogP contribution is -2.23. The molecule has 0 saturated carbocycles. The number of rotatable bonds is 4. The van der Waals surface area contributed by atoms with Crippen molar-refractivity contribution in [2.24, 2.45) is 4.99 Å². The van der Waals surface area contributed by atoms with Crippen LogP contribution in [0.1, 0.15) is 11.1 Å². The van der Waals surface area contributed by atoms with Gasteiger partial charge in [0.1, 0.15) is 0 Å². The third-order valence-electron chi connectivity index (χ3n) is 4.10. The van der Waals surface area contributed by atoms with Gasteiger partial charge in [0.15, 0.2) is 5.84 Å². The van der Waals surface area contributed by atoms with E-state index in [0.717, 1.165) is 12.1 Å². The molecule has 0 heterocycles. The van der Waals surface area contributed by atoms with E-state index in [0.29, 0.717) is 5.69 Å². The smallest absolute Gasteiger partial charge is 0.308 e. The van der Waals surface area contributed by atoms with E-state index in [1.54, 1.807) is 41.9 Å². The van der Waals surface area contributed by atoms with Gasteiger partial charge in [0.25, 0.3) is 0 Å². The Labute approximate surface area is 190 Å². The Morgan fingerprint density at radius 1 is 0.906 bits per heavy atom. The maximum atomic E-state index is 13.4. The molecule has 0 spiro atoms.